The van der Waals surface area contributed by atoms with Gasteiger partial charge in [-0.1, -0.05) is 30.3 Å². The second-order valence-electron chi connectivity index (χ2n) is 6.15. The molecule has 0 saturated carbocycles. The van der Waals surface area contributed by atoms with Crippen LogP contribution < -0.4 is 0 Å². The van der Waals surface area contributed by atoms with E-state index in [1.54, 1.807) is 12.1 Å². The van der Waals surface area contributed by atoms with E-state index >= 15 is 0 Å². The number of nitrogens with zero attached hydrogens (tertiary/aromatic N) is 2. The summed E-state index contributed by atoms with van der Waals surface area (Å²) in [6, 6.07) is 15.7. The first-order valence-electron chi connectivity index (χ1n) is 7.74. The lowest BCUT2D eigenvalue weighted by Gasteiger charge is -2.24. The molecule has 1 aliphatic rings. The van der Waals surface area contributed by atoms with E-state index in [9.17, 15) is 4.39 Å². The van der Waals surface area contributed by atoms with Gasteiger partial charge >= 0.3 is 0 Å². The smallest absolute Gasteiger partial charge is 0.123 e. The number of rotatable bonds is 2. The zero-order chi connectivity index (χ0) is 15.1. The predicted octanol–water partition coefficient (Wildman–Crippen LogP) is 4.24. The molecule has 3 aromatic rings. The van der Waals surface area contributed by atoms with Crippen molar-refractivity contribution in [3.05, 3.63) is 71.2 Å². The van der Waals surface area contributed by atoms with Gasteiger partial charge in [-0.15, -0.1) is 12.4 Å². The molecule has 0 spiro atoms. The van der Waals surface area contributed by atoms with Crippen LogP contribution in [0.3, 0.4) is 0 Å². The van der Waals surface area contributed by atoms with Gasteiger partial charge in [0.25, 0.3) is 0 Å². The number of aromatic nitrogens is 1. The van der Waals surface area contributed by atoms with E-state index < -0.39 is 0 Å². The molecule has 0 atom stereocenters. The van der Waals surface area contributed by atoms with Gasteiger partial charge in [-0.25, -0.2) is 4.39 Å². The molecule has 0 amide bonds. The Morgan fingerprint density at radius 1 is 1.09 bits per heavy atom. The van der Waals surface area contributed by atoms with Crippen LogP contribution in [0.1, 0.15) is 16.8 Å². The lowest BCUT2D eigenvalue weighted by Crippen LogP contribution is -2.27. The van der Waals surface area contributed by atoms with Crippen molar-refractivity contribution in [1.29, 1.82) is 0 Å². The van der Waals surface area contributed by atoms with Gasteiger partial charge in [0.1, 0.15) is 5.82 Å². The van der Waals surface area contributed by atoms with E-state index in [1.807, 2.05) is 12.1 Å². The van der Waals surface area contributed by atoms with Crippen molar-refractivity contribution in [3.63, 3.8) is 0 Å². The highest BCUT2D eigenvalue weighted by Crippen LogP contribution is 2.31. The van der Waals surface area contributed by atoms with E-state index in [-0.39, 0.29) is 18.2 Å². The molecular formula is C19H20ClFN2. The second kappa shape index (κ2) is 6.34. The number of hydrogen-bond acceptors (Lipinski definition) is 1. The zero-order valence-electron chi connectivity index (χ0n) is 13.1. The van der Waals surface area contributed by atoms with Crippen LogP contribution in [0, 0.1) is 5.82 Å². The highest BCUT2D eigenvalue weighted by atomic mass is 35.5. The lowest BCUT2D eigenvalue weighted by atomic mass is 10.0. The molecule has 120 valence electrons. The SMILES string of the molecule is CN1CCc2c(c3cc(F)ccc3n2Cc2ccccc2)C1.Cl. The molecule has 1 aliphatic heterocycles. The van der Waals surface area contributed by atoms with Crippen molar-refractivity contribution >= 4 is 23.3 Å². The summed E-state index contributed by atoms with van der Waals surface area (Å²) >= 11 is 0. The van der Waals surface area contributed by atoms with Crippen LogP contribution in [0.15, 0.2) is 48.5 Å². The molecule has 4 heteroatoms. The molecule has 0 bridgehead atoms. The van der Waals surface area contributed by atoms with E-state index in [0.29, 0.717) is 0 Å². The first kappa shape index (κ1) is 16.0. The first-order chi connectivity index (χ1) is 10.7. The summed E-state index contributed by atoms with van der Waals surface area (Å²) in [5.74, 6) is -0.152. The number of fused-ring (bicyclic) bond motifs is 3. The van der Waals surface area contributed by atoms with Gasteiger partial charge in [-0.3, -0.25) is 0 Å². The highest BCUT2D eigenvalue weighted by molar-refractivity contribution is 5.86. The Morgan fingerprint density at radius 3 is 2.65 bits per heavy atom. The topological polar surface area (TPSA) is 8.17 Å². The van der Waals surface area contributed by atoms with Crippen molar-refractivity contribution in [3.8, 4) is 0 Å². The average Bonchev–Trinajstić information content (AvgIpc) is 2.81. The number of hydrogen-bond donors (Lipinski definition) is 0. The first-order valence-corrected chi connectivity index (χ1v) is 7.74. The summed E-state index contributed by atoms with van der Waals surface area (Å²) in [6.45, 7) is 2.81. The van der Waals surface area contributed by atoms with Crippen LogP contribution in [0.25, 0.3) is 10.9 Å². The van der Waals surface area contributed by atoms with E-state index in [2.05, 4.69) is 40.8 Å². The van der Waals surface area contributed by atoms with Gasteiger partial charge in [-0.05, 0) is 36.4 Å². The van der Waals surface area contributed by atoms with Gasteiger partial charge < -0.3 is 9.47 Å². The predicted molar refractivity (Wildman–Crippen MR) is 94.7 cm³/mol. The van der Waals surface area contributed by atoms with Crippen LogP contribution in [0.2, 0.25) is 0 Å². The lowest BCUT2D eigenvalue weighted by molar-refractivity contribution is 0.310. The number of benzene rings is 2. The summed E-state index contributed by atoms with van der Waals surface area (Å²) in [7, 11) is 2.13. The maximum atomic E-state index is 13.7. The van der Waals surface area contributed by atoms with E-state index in [4.69, 9.17) is 0 Å². The fourth-order valence-electron chi connectivity index (χ4n) is 3.50. The molecule has 23 heavy (non-hydrogen) atoms. The van der Waals surface area contributed by atoms with Gasteiger partial charge in [0.15, 0.2) is 0 Å². The molecule has 0 fully saturated rings. The summed E-state index contributed by atoms with van der Waals surface area (Å²) in [5.41, 5.74) is 5.08. The molecular weight excluding hydrogens is 311 g/mol. The van der Waals surface area contributed by atoms with Gasteiger partial charge in [0.2, 0.25) is 0 Å². The van der Waals surface area contributed by atoms with Crippen LogP contribution in [-0.2, 0) is 19.5 Å². The normalized spacial score (nSPS) is 14.5. The summed E-state index contributed by atoms with van der Waals surface area (Å²) in [4.78, 5) is 2.31. The van der Waals surface area contributed by atoms with Crippen molar-refractivity contribution in [1.82, 2.24) is 9.47 Å². The third kappa shape index (κ3) is 2.87. The molecule has 0 N–H and O–H groups in total. The largest absolute Gasteiger partial charge is 0.340 e. The molecule has 4 rings (SSSR count). The Labute approximate surface area is 141 Å². The van der Waals surface area contributed by atoms with Crippen LogP contribution in [0.4, 0.5) is 4.39 Å². The molecule has 0 saturated heterocycles. The highest BCUT2D eigenvalue weighted by Gasteiger charge is 2.22. The van der Waals surface area contributed by atoms with Crippen molar-refractivity contribution < 1.29 is 4.39 Å². The minimum absolute atomic E-state index is 0. The second-order valence-corrected chi connectivity index (χ2v) is 6.15. The third-order valence-corrected chi connectivity index (χ3v) is 4.59. The number of halogens is 2. The van der Waals surface area contributed by atoms with E-state index in [1.165, 1.54) is 16.8 Å². The van der Waals surface area contributed by atoms with Gasteiger partial charge in [0, 0.05) is 42.7 Å². The molecule has 0 radical (unpaired) electrons. The van der Waals surface area contributed by atoms with E-state index in [0.717, 1.165) is 37.0 Å². The summed E-state index contributed by atoms with van der Waals surface area (Å²) < 4.78 is 16.1. The summed E-state index contributed by atoms with van der Waals surface area (Å²) in [6.07, 6.45) is 1.02. The van der Waals surface area contributed by atoms with Gasteiger partial charge in [0.05, 0.1) is 0 Å². The average molecular weight is 331 g/mol. The summed E-state index contributed by atoms with van der Waals surface area (Å²) in [5, 5.41) is 1.07. The maximum absolute atomic E-state index is 13.7. The van der Waals surface area contributed by atoms with Crippen molar-refractivity contribution in [2.75, 3.05) is 13.6 Å². The minimum Gasteiger partial charge on any atom is -0.340 e. The monoisotopic (exact) mass is 330 g/mol. The van der Waals surface area contributed by atoms with Gasteiger partial charge in [-0.2, -0.15) is 0 Å². The maximum Gasteiger partial charge on any atom is 0.123 e. The van der Waals surface area contributed by atoms with Crippen LogP contribution >= 0.6 is 12.4 Å². The molecule has 0 unspecified atom stereocenters. The number of likely N-dealkylation sites (N-methyl/N-ethyl adjacent to an activating group) is 1. The Balaban J connectivity index is 0.00000156. The fourth-order valence-corrected chi connectivity index (χ4v) is 3.50. The molecule has 0 aliphatic carbocycles. The Morgan fingerprint density at radius 2 is 1.87 bits per heavy atom. The third-order valence-electron chi connectivity index (χ3n) is 4.59. The molecule has 2 aromatic carbocycles. The van der Waals surface area contributed by atoms with Crippen LogP contribution in [-0.4, -0.2) is 23.1 Å². The fraction of sp³-hybridized carbons (Fsp3) is 0.263. The quantitative estimate of drug-likeness (QED) is 0.682. The standard InChI is InChI=1S/C19H19FN2.ClH/c1-21-10-9-19-17(13-21)16-11-15(20)7-8-18(16)22(19)12-14-5-3-2-4-6-14;/h2-8,11H,9-10,12-13H2,1H3;1H. The Hall–Kier alpha value is -1.84. The Bertz CT molecular complexity index is 826. The Kier molecular flexibility index (Phi) is 4.42. The molecule has 2 nitrogen and oxygen atoms in total. The van der Waals surface area contributed by atoms with Crippen molar-refractivity contribution in [2.45, 2.75) is 19.5 Å². The van der Waals surface area contributed by atoms with Crippen molar-refractivity contribution in [2.24, 2.45) is 0 Å². The zero-order valence-corrected chi connectivity index (χ0v) is 13.9. The molecule has 2 heterocycles. The molecule has 1 aromatic heterocycles. The minimum atomic E-state index is -0.152. The van der Waals surface area contributed by atoms with Crippen LogP contribution in [0.5, 0.6) is 0 Å².